The molecule has 8 heteroatoms. The molecule has 1 aliphatic rings. The molecule has 1 N–H and O–H groups in total. The molecule has 158 valence electrons. The summed E-state index contributed by atoms with van der Waals surface area (Å²) in [7, 11) is -3.50. The summed E-state index contributed by atoms with van der Waals surface area (Å²) in [5.74, 6) is 0.531. The third kappa shape index (κ3) is 3.97. The fraction of sp³-hybridized carbons (Fsp3) is 0.364. The molecule has 0 bridgehead atoms. The normalized spacial score (nSPS) is 15.4. The smallest absolute Gasteiger partial charge is 0.251 e. The van der Waals surface area contributed by atoms with Gasteiger partial charge in [-0.1, -0.05) is 18.6 Å². The molecule has 7 nitrogen and oxygen atoms in total. The molecule has 2 heterocycles. The first kappa shape index (κ1) is 20.6. The summed E-state index contributed by atoms with van der Waals surface area (Å²) in [5.41, 5.74) is 2.36. The largest absolute Gasteiger partial charge is 0.345 e. The summed E-state index contributed by atoms with van der Waals surface area (Å²) < 4.78 is 29.1. The van der Waals surface area contributed by atoms with E-state index in [2.05, 4.69) is 14.9 Å². The Bertz CT molecular complexity index is 1150. The van der Waals surface area contributed by atoms with Gasteiger partial charge in [-0.25, -0.2) is 13.4 Å². The van der Waals surface area contributed by atoms with Gasteiger partial charge in [0.25, 0.3) is 5.91 Å². The highest BCUT2D eigenvalue weighted by molar-refractivity contribution is 7.89. The van der Waals surface area contributed by atoms with Crippen LogP contribution in [0.25, 0.3) is 11.0 Å². The van der Waals surface area contributed by atoms with E-state index in [1.807, 2.05) is 31.2 Å². The molecule has 0 aliphatic carbocycles. The first-order valence-electron chi connectivity index (χ1n) is 10.3. The van der Waals surface area contributed by atoms with Gasteiger partial charge in [0.2, 0.25) is 10.0 Å². The third-order valence-electron chi connectivity index (χ3n) is 5.53. The van der Waals surface area contributed by atoms with Crippen LogP contribution < -0.4 is 5.32 Å². The summed E-state index contributed by atoms with van der Waals surface area (Å²) in [6.45, 7) is 4.22. The van der Waals surface area contributed by atoms with Crippen molar-refractivity contribution in [3.8, 4) is 0 Å². The van der Waals surface area contributed by atoms with Crippen LogP contribution >= 0.6 is 0 Å². The highest BCUT2D eigenvalue weighted by Gasteiger charge is 2.26. The Morgan fingerprint density at radius 1 is 1.03 bits per heavy atom. The Hall–Kier alpha value is -2.71. The number of nitrogens with zero attached hydrogens (tertiary/aromatic N) is 3. The molecule has 0 saturated carbocycles. The number of piperidine rings is 1. The van der Waals surface area contributed by atoms with Gasteiger partial charge >= 0.3 is 0 Å². The van der Waals surface area contributed by atoms with Crippen LogP contribution in [0, 0.1) is 0 Å². The Morgan fingerprint density at radius 2 is 1.73 bits per heavy atom. The highest BCUT2D eigenvalue weighted by Crippen LogP contribution is 2.21. The lowest BCUT2D eigenvalue weighted by molar-refractivity contribution is 0.0949. The van der Waals surface area contributed by atoms with E-state index >= 15 is 0 Å². The number of aromatic nitrogens is 2. The molecular formula is C22H26N4O3S. The van der Waals surface area contributed by atoms with Gasteiger partial charge in [0.05, 0.1) is 22.5 Å². The van der Waals surface area contributed by atoms with Crippen LogP contribution in [0.2, 0.25) is 0 Å². The van der Waals surface area contributed by atoms with Crippen molar-refractivity contribution in [3.05, 3.63) is 59.9 Å². The monoisotopic (exact) mass is 426 g/mol. The fourth-order valence-electron chi connectivity index (χ4n) is 3.91. The predicted molar refractivity (Wildman–Crippen MR) is 116 cm³/mol. The first-order chi connectivity index (χ1) is 14.5. The van der Waals surface area contributed by atoms with E-state index in [4.69, 9.17) is 0 Å². The van der Waals surface area contributed by atoms with Crippen molar-refractivity contribution in [1.82, 2.24) is 19.2 Å². The Labute approximate surface area is 176 Å². The number of amides is 1. The molecule has 1 aromatic heterocycles. The molecule has 0 atom stereocenters. The highest BCUT2D eigenvalue weighted by atomic mass is 32.2. The molecule has 1 saturated heterocycles. The molecule has 1 fully saturated rings. The van der Waals surface area contributed by atoms with Crippen LogP contribution in [0.5, 0.6) is 0 Å². The summed E-state index contributed by atoms with van der Waals surface area (Å²) in [5, 5.41) is 2.89. The van der Waals surface area contributed by atoms with Crippen molar-refractivity contribution in [2.24, 2.45) is 0 Å². The molecule has 0 unspecified atom stereocenters. The number of carbonyl (C=O) groups is 1. The summed E-state index contributed by atoms with van der Waals surface area (Å²) in [6, 6.07) is 14.0. The lowest BCUT2D eigenvalue weighted by Crippen LogP contribution is -2.35. The molecule has 4 rings (SSSR count). The van der Waals surface area contributed by atoms with Crippen molar-refractivity contribution >= 4 is 27.0 Å². The minimum atomic E-state index is -3.50. The van der Waals surface area contributed by atoms with E-state index in [0.29, 0.717) is 25.2 Å². The molecule has 1 aliphatic heterocycles. The second-order valence-corrected chi connectivity index (χ2v) is 9.37. The number of carbonyl (C=O) groups excluding carboxylic acids is 1. The summed E-state index contributed by atoms with van der Waals surface area (Å²) >= 11 is 0. The zero-order chi connectivity index (χ0) is 21.1. The second-order valence-electron chi connectivity index (χ2n) is 7.43. The summed E-state index contributed by atoms with van der Waals surface area (Å²) in [6.07, 6.45) is 2.85. The number of fused-ring (bicyclic) bond motifs is 1. The topological polar surface area (TPSA) is 84.3 Å². The van der Waals surface area contributed by atoms with Crippen molar-refractivity contribution in [3.63, 3.8) is 0 Å². The van der Waals surface area contributed by atoms with Gasteiger partial charge < -0.3 is 9.88 Å². The van der Waals surface area contributed by atoms with Crippen LogP contribution in [0.1, 0.15) is 42.4 Å². The minimum Gasteiger partial charge on any atom is -0.345 e. The van der Waals surface area contributed by atoms with Crippen LogP contribution in [-0.2, 0) is 23.1 Å². The predicted octanol–water partition coefficient (Wildman–Crippen LogP) is 3.16. The fourth-order valence-corrected chi connectivity index (χ4v) is 5.42. The number of rotatable bonds is 6. The quantitative estimate of drug-likeness (QED) is 0.656. The molecule has 2 aromatic carbocycles. The van der Waals surface area contributed by atoms with E-state index < -0.39 is 10.0 Å². The van der Waals surface area contributed by atoms with Gasteiger partial charge in [0, 0.05) is 25.2 Å². The van der Waals surface area contributed by atoms with Gasteiger partial charge in [-0.05, 0) is 56.2 Å². The van der Waals surface area contributed by atoms with Crippen molar-refractivity contribution < 1.29 is 13.2 Å². The van der Waals surface area contributed by atoms with Crippen LogP contribution in [0.3, 0.4) is 0 Å². The maximum absolute atomic E-state index is 12.7. The lowest BCUT2D eigenvalue weighted by atomic mass is 10.2. The SMILES string of the molecule is CCn1c(CNC(=O)c2ccc(S(=O)(=O)N3CCCCC3)cc2)nc2ccccc21. The Kier molecular flexibility index (Phi) is 5.87. The van der Waals surface area contributed by atoms with E-state index in [9.17, 15) is 13.2 Å². The van der Waals surface area contributed by atoms with Gasteiger partial charge in [0.1, 0.15) is 5.82 Å². The molecule has 0 radical (unpaired) electrons. The lowest BCUT2D eigenvalue weighted by Gasteiger charge is -2.25. The molecule has 30 heavy (non-hydrogen) atoms. The van der Waals surface area contributed by atoms with E-state index in [1.54, 1.807) is 12.1 Å². The zero-order valence-electron chi connectivity index (χ0n) is 17.0. The van der Waals surface area contributed by atoms with Crippen molar-refractivity contribution in [1.29, 1.82) is 0 Å². The van der Waals surface area contributed by atoms with Gasteiger partial charge in [-0.15, -0.1) is 0 Å². The number of hydrogen-bond donors (Lipinski definition) is 1. The van der Waals surface area contributed by atoms with Crippen molar-refractivity contribution in [2.75, 3.05) is 13.1 Å². The number of benzene rings is 2. The van der Waals surface area contributed by atoms with Crippen molar-refractivity contribution in [2.45, 2.75) is 44.2 Å². The maximum Gasteiger partial charge on any atom is 0.251 e. The number of aryl methyl sites for hydroxylation is 1. The average molecular weight is 427 g/mol. The first-order valence-corrected chi connectivity index (χ1v) is 11.8. The van der Waals surface area contributed by atoms with Crippen LogP contribution in [0.15, 0.2) is 53.4 Å². The zero-order valence-corrected chi connectivity index (χ0v) is 17.9. The Morgan fingerprint density at radius 3 is 2.43 bits per heavy atom. The molecular weight excluding hydrogens is 400 g/mol. The Balaban J connectivity index is 1.46. The number of sulfonamides is 1. The number of imidazole rings is 1. The second kappa shape index (κ2) is 8.57. The number of nitrogens with one attached hydrogen (secondary N) is 1. The van der Waals surface area contributed by atoms with E-state index in [-0.39, 0.29) is 10.8 Å². The average Bonchev–Trinajstić information content (AvgIpc) is 3.15. The van der Waals surface area contributed by atoms with Gasteiger partial charge in [-0.3, -0.25) is 4.79 Å². The maximum atomic E-state index is 12.7. The standard InChI is InChI=1S/C22H26N4O3S/c1-2-26-20-9-5-4-8-19(20)24-21(26)16-23-22(27)17-10-12-18(13-11-17)30(28,29)25-14-6-3-7-15-25/h4-5,8-13H,2-3,6-7,14-16H2,1H3,(H,23,27). The molecule has 3 aromatic rings. The summed E-state index contributed by atoms with van der Waals surface area (Å²) in [4.78, 5) is 17.4. The third-order valence-corrected chi connectivity index (χ3v) is 7.44. The molecule has 1 amide bonds. The van der Waals surface area contributed by atoms with E-state index in [0.717, 1.165) is 42.7 Å². The number of para-hydroxylation sites is 2. The van der Waals surface area contributed by atoms with E-state index in [1.165, 1.54) is 16.4 Å². The minimum absolute atomic E-state index is 0.230. The number of hydrogen-bond acceptors (Lipinski definition) is 4. The molecule has 0 spiro atoms. The van der Waals surface area contributed by atoms with Crippen LogP contribution in [-0.4, -0.2) is 41.3 Å². The van der Waals surface area contributed by atoms with Crippen LogP contribution in [0.4, 0.5) is 0 Å². The van der Waals surface area contributed by atoms with Gasteiger partial charge in [0.15, 0.2) is 0 Å². The van der Waals surface area contributed by atoms with Gasteiger partial charge in [-0.2, -0.15) is 4.31 Å².